The molecule has 1 fully saturated rings. The van der Waals surface area contributed by atoms with Crippen LogP contribution in [0.2, 0.25) is 0 Å². The first-order valence-electron chi connectivity index (χ1n) is 7.18. The molecular formula is C15H22N2O4. The largest absolute Gasteiger partial charge is 0.491 e. The third-order valence-electron chi connectivity index (χ3n) is 3.20. The molecule has 116 valence electrons. The molecule has 1 amide bonds. The van der Waals surface area contributed by atoms with Gasteiger partial charge in [0.25, 0.3) is 0 Å². The fraction of sp³-hybridized carbons (Fsp3) is 0.533. The lowest BCUT2D eigenvalue weighted by Gasteiger charge is -2.23. The first-order chi connectivity index (χ1) is 10.3. The van der Waals surface area contributed by atoms with Gasteiger partial charge in [0.15, 0.2) is 0 Å². The van der Waals surface area contributed by atoms with Gasteiger partial charge >= 0.3 is 0 Å². The van der Waals surface area contributed by atoms with Gasteiger partial charge in [0.2, 0.25) is 5.91 Å². The van der Waals surface area contributed by atoms with Crippen LogP contribution < -0.4 is 15.4 Å². The van der Waals surface area contributed by atoms with Gasteiger partial charge < -0.3 is 25.2 Å². The third-order valence-corrected chi connectivity index (χ3v) is 3.20. The van der Waals surface area contributed by atoms with Gasteiger partial charge in [-0.25, -0.2) is 0 Å². The first-order valence-corrected chi connectivity index (χ1v) is 7.18. The lowest BCUT2D eigenvalue weighted by atomic mass is 10.1. The van der Waals surface area contributed by atoms with Crippen molar-refractivity contribution in [3.63, 3.8) is 0 Å². The second-order valence-electron chi connectivity index (χ2n) is 4.92. The van der Waals surface area contributed by atoms with Gasteiger partial charge in [0.05, 0.1) is 19.8 Å². The Morgan fingerprint density at radius 1 is 1.43 bits per heavy atom. The highest BCUT2D eigenvalue weighted by molar-refractivity contribution is 5.76. The number of aliphatic hydroxyl groups is 1. The Labute approximate surface area is 124 Å². The van der Waals surface area contributed by atoms with E-state index in [1.165, 1.54) is 0 Å². The summed E-state index contributed by atoms with van der Waals surface area (Å²) in [7, 11) is 0. The van der Waals surface area contributed by atoms with Crippen LogP contribution in [0.15, 0.2) is 24.3 Å². The molecule has 1 aliphatic heterocycles. The molecule has 2 rings (SSSR count). The van der Waals surface area contributed by atoms with Crippen LogP contribution in [0.25, 0.3) is 0 Å². The zero-order valence-corrected chi connectivity index (χ0v) is 12.0. The summed E-state index contributed by atoms with van der Waals surface area (Å²) >= 11 is 0. The van der Waals surface area contributed by atoms with Crippen LogP contribution in [0.4, 0.5) is 0 Å². The Kier molecular flexibility index (Phi) is 6.46. The number of aliphatic hydroxyl groups excluding tert-OH is 1. The standard InChI is InChI=1S/C15H22N2O4/c18-6-8-21-14-3-1-12(2-4-14)10-17-15(19)9-13-11-20-7-5-16-13/h1-4,13,16,18H,5-11H2,(H,17,19). The van der Waals surface area contributed by atoms with Gasteiger partial charge in [-0.2, -0.15) is 0 Å². The van der Waals surface area contributed by atoms with Gasteiger partial charge in [-0.3, -0.25) is 4.79 Å². The van der Waals surface area contributed by atoms with E-state index in [1.807, 2.05) is 24.3 Å². The monoisotopic (exact) mass is 294 g/mol. The molecule has 0 aromatic heterocycles. The molecule has 0 saturated carbocycles. The highest BCUT2D eigenvalue weighted by Gasteiger charge is 2.16. The lowest BCUT2D eigenvalue weighted by Crippen LogP contribution is -2.44. The summed E-state index contributed by atoms with van der Waals surface area (Å²) in [4.78, 5) is 11.8. The molecule has 6 heteroatoms. The molecule has 1 aliphatic rings. The molecule has 1 aromatic rings. The van der Waals surface area contributed by atoms with E-state index < -0.39 is 0 Å². The molecule has 0 spiro atoms. The Morgan fingerprint density at radius 2 is 2.24 bits per heavy atom. The zero-order valence-electron chi connectivity index (χ0n) is 12.0. The van der Waals surface area contributed by atoms with Gasteiger partial charge in [0, 0.05) is 25.6 Å². The molecule has 1 unspecified atom stereocenters. The number of amides is 1. The predicted octanol–water partition coefficient (Wildman–Crippen LogP) is 0.0524. The van der Waals surface area contributed by atoms with Gasteiger partial charge in [0.1, 0.15) is 12.4 Å². The van der Waals surface area contributed by atoms with E-state index in [2.05, 4.69) is 10.6 Å². The fourth-order valence-corrected chi connectivity index (χ4v) is 2.11. The lowest BCUT2D eigenvalue weighted by molar-refractivity contribution is -0.122. The van der Waals surface area contributed by atoms with Crippen LogP contribution in [0, 0.1) is 0 Å². The number of hydrogen-bond acceptors (Lipinski definition) is 5. The summed E-state index contributed by atoms with van der Waals surface area (Å²) in [5.74, 6) is 0.723. The van der Waals surface area contributed by atoms with Gasteiger partial charge in [-0.05, 0) is 17.7 Å². The number of hydrogen-bond donors (Lipinski definition) is 3. The molecule has 0 aliphatic carbocycles. The number of nitrogens with one attached hydrogen (secondary N) is 2. The smallest absolute Gasteiger partial charge is 0.221 e. The van der Waals surface area contributed by atoms with Crippen molar-refractivity contribution in [2.24, 2.45) is 0 Å². The third kappa shape index (κ3) is 5.71. The van der Waals surface area contributed by atoms with E-state index in [-0.39, 0.29) is 25.2 Å². The van der Waals surface area contributed by atoms with Crippen molar-refractivity contribution in [3.05, 3.63) is 29.8 Å². The Bertz CT molecular complexity index is 430. The van der Waals surface area contributed by atoms with E-state index in [0.29, 0.717) is 31.9 Å². The molecule has 1 heterocycles. The van der Waals surface area contributed by atoms with Crippen LogP contribution in [-0.2, 0) is 16.1 Å². The van der Waals surface area contributed by atoms with Crippen molar-refractivity contribution in [1.82, 2.24) is 10.6 Å². The Balaban J connectivity index is 1.70. The van der Waals surface area contributed by atoms with Crippen molar-refractivity contribution < 1.29 is 19.4 Å². The number of rotatable bonds is 7. The van der Waals surface area contributed by atoms with Gasteiger partial charge in [-0.1, -0.05) is 12.1 Å². The van der Waals surface area contributed by atoms with E-state index in [0.717, 1.165) is 12.1 Å². The zero-order chi connectivity index (χ0) is 14.9. The highest BCUT2D eigenvalue weighted by Crippen LogP contribution is 2.12. The maximum Gasteiger partial charge on any atom is 0.221 e. The summed E-state index contributed by atoms with van der Waals surface area (Å²) in [5.41, 5.74) is 1.01. The minimum Gasteiger partial charge on any atom is -0.491 e. The van der Waals surface area contributed by atoms with E-state index in [1.54, 1.807) is 0 Å². The van der Waals surface area contributed by atoms with Crippen molar-refractivity contribution >= 4 is 5.91 Å². The highest BCUT2D eigenvalue weighted by atomic mass is 16.5. The average molecular weight is 294 g/mol. The molecule has 1 aromatic carbocycles. The molecule has 0 radical (unpaired) electrons. The van der Waals surface area contributed by atoms with E-state index in [9.17, 15) is 4.79 Å². The molecule has 1 saturated heterocycles. The normalized spacial score (nSPS) is 18.2. The molecule has 21 heavy (non-hydrogen) atoms. The van der Waals surface area contributed by atoms with Crippen LogP contribution in [-0.4, -0.2) is 50.0 Å². The predicted molar refractivity (Wildman–Crippen MR) is 78.1 cm³/mol. The van der Waals surface area contributed by atoms with E-state index in [4.69, 9.17) is 14.6 Å². The topological polar surface area (TPSA) is 79.8 Å². The van der Waals surface area contributed by atoms with Gasteiger partial charge in [-0.15, -0.1) is 0 Å². The Morgan fingerprint density at radius 3 is 2.90 bits per heavy atom. The molecule has 1 atom stereocenters. The first kappa shape index (κ1) is 15.8. The number of ether oxygens (including phenoxy) is 2. The molecule has 6 nitrogen and oxygen atoms in total. The summed E-state index contributed by atoms with van der Waals surface area (Å²) in [6.45, 7) is 2.87. The number of benzene rings is 1. The maximum absolute atomic E-state index is 11.8. The van der Waals surface area contributed by atoms with Crippen molar-refractivity contribution in [1.29, 1.82) is 0 Å². The summed E-state index contributed by atoms with van der Waals surface area (Å²) in [5, 5.41) is 14.8. The fourth-order valence-electron chi connectivity index (χ4n) is 2.11. The minimum atomic E-state index is -0.00325. The SMILES string of the molecule is O=C(CC1COCCN1)NCc1ccc(OCCO)cc1. The number of carbonyl (C=O) groups is 1. The average Bonchev–Trinajstić information content (AvgIpc) is 2.53. The quantitative estimate of drug-likeness (QED) is 0.662. The molecular weight excluding hydrogens is 272 g/mol. The minimum absolute atomic E-state index is 0.00325. The molecule has 0 bridgehead atoms. The van der Waals surface area contributed by atoms with Crippen molar-refractivity contribution in [2.75, 3.05) is 33.0 Å². The van der Waals surface area contributed by atoms with Crippen LogP contribution in [0.5, 0.6) is 5.75 Å². The second kappa shape index (κ2) is 8.61. The van der Waals surface area contributed by atoms with E-state index >= 15 is 0 Å². The van der Waals surface area contributed by atoms with Crippen LogP contribution >= 0.6 is 0 Å². The maximum atomic E-state index is 11.8. The van der Waals surface area contributed by atoms with Crippen molar-refractivity contribution in [3.8, 4) is 5.75 Å². The summed E-state index contributed by atoms with van der Waals surface area (Å²) in [6.07, 6.45) is 0.428. The summed E-state index contributed by atoms with van der Waals surface area (Å²) in [6, 6.07) is 7.55. The molecule has 3 N–H and O–H groups in total. The Hall–Kier alpha value is -1.63. The number of morpholine rings is 1. The van der Waals surface area contributed by atoms with Crippen molar-refractivity contribution in [2.45, 2.75) is 19.0 Å². The second-order valence-corrected chi connectivity index (χ2v) is 4.92. The number of carbonyl (C=O) groups excluding carboxylic acids is 1. The van der Waals surface area contributed by atoms with Crippen LogP contribution in [0.3, 0.4) is 0 Å². The summed E-state index contributed by atoms with van der Waals surface area (Å²) < 4.78 is 10.6. The van der Waals surface area contributed by atoms with Crippen LogP contribution in [0.1, 0.15) is 12.0 Å².